The number of aromatic nitrogens is 1. The molecule has 0 unspecified atom stereocenters. The Hall–Kier alpha value is -1.13. The highest BCUT2D eigenvalue weighted by atomic mass is 16.5. The van der Waals surface area contributed by atoms with E-state index in [9.17, 15) is 0 Å². The van der Waals surface area contributed by atoms with Crippen molar-refractivity contribution in [2.75, 3.05) is 33.3 Å². The highest BCUT2D eigenvalue weighted by Crippen LogP contribution is 2.10. The highest BCUT2D eigenvalue weighted by molar-refractivity contribution is 5.15. The smallest absolute Gasteiger partial charge is 0.213 e. The lowest BCUT2D eigenvalue weighted by Gasteiger charge is -2.26. The molecule has 100 valence electrons. The van der Waals surface area contributed by atoms with E-state index < -0.39 is 0 Å². The zero-order valence-electron chi connectivity index (χ0n) is 11.2. The lowest BCUT2D eigenvalue weighted by molar-refractivity contribution is 0.180. The third-order valence-corrected chi connectivity index (χ3v) is 3.25. The van der Waals surface area contributed by atoms with Crippen molar-refractivity contribution in [3.8, 4) is 5.88 Å². The van der Waals surface area contributed by atoms with Gasteiger partial charge in [-0.05, 0) is 39.0 Å². The van der Waals surface area contributed by atoms with Crippen LogP contribution in [0.2, 0.25) is 0 Å². The molecule has 1 aliphatic rings. The molecule has 0 aliphatic carbocycles. The van der Waals surface area contributed by atoms with E-state index >= 15 is 0 Å². The number of hydrogen-bond donors (Lipinski definition) is 1. The maximum absolute atomic E-state index is 5.72. The van der Waals surface area contributed by atoms with E-state index in [0.717, 1.165) is 31.3 Å². The van der Waals surface area contributed by atoms with E-state index in [2.05, 4.69) is 15.2 Å². The molecule has 2 heterocycles. The monoisotopic (exact) mass is 249 g/mol. The first-order valence-corrected chi connectivity index (χ1v) is 6.84. The molecule has 18 heavy (non-hydrogen) atoms. The average Bonchev–Trinajstić information content (AvgIpc) is 2.41. The minimum absolute atomic E-state index is 0.732. The lowest BCUT2D eigenvalue weighted by Crippen LogP contribution is -2.33. The van der Waals surface area contributed by atoms with Crippen LogP contribution in [0.25, 0.3) is 0 Å². The van der Waals surface area contributed by atoms with Crippen molar-refractivity contribution in [2.24, 2.45) is 0 Å². The van der Waals surface area contributed by atoms with Gasteiger partial charge in [-0.25, -0.2) is 4.98 Å². The minimum Gasteiger partial charge on any atom is -0.476 e. The minimum atomic E-state index is 0.732. The third kappa shape index (κ3) is 4.27. The number of pyridine rings is 1. The van der Waals surface area contributed by atoms with Gasteiger partial charge in [0, 0.05) is 19.2 Å². The van der Waals surface area contributed by atoms with Gasteiger partial charge < -0.3 is 10.1 Å². The standard InChI is InChI=1S/C14H23N3O/c1-15-12-13-6-5-7-14(16-13)18-11-10-17-8-3-2-4-9-17/h5-7,15H,2-4,8-12H2,1H3. The van der Waals surface area contributed by atoms with Gasteiger partial charge in [0.05, 0.1) is 5.69 Å². The molecule has 0 saturated carbocycles. The van der Waals surface area contributed by atoms with Crippen LogP contribution in [-0.2, 0) is 6.54 Å². The summed E-state index contributed by atoms with van der Waals surface area (Å²) in [6, 6.07) is 5.93. The van der Waals surface area contributed by atoms with Crippen molar-refractivity contribution in [1.29, 1.82) is 0 Å². The van der Waals surface area contributed by atoms with Crippen LogP contribution in [0.4, 0.5) is 0 Å². The molecule has 0 atom stereocenters. The first-order chi connectivity index (χ1) is 8.88. The van der Waals surface area contributed by atoms with Crippen LogP contribution in [-0.4, -0.2) is 43.2 Å². The van der Waals surface area contributed by atoms with Crippen LogP contribution in [0, 0.1) is 0 Å². The molecule has 1 aromatic rings. The zero-order chi connectivity index (χ0) is 12.6. The molecule has 0 aromatic carbocycles. The molecule has 1 aliphatic heterocycles. The second-order valence-electron chi connectivity index (χ2n) is 4.75. The van der Waals surface area contributed by atoms with Crippen LogP contribution in [0.5, 0.6) is 5.88 Å². The Balaban J connectivity index is 1.73. The number of rotatable bonds is 6. The van der Waals surface area contributed by atoms with E-state index in [-0.39, 0.29) is 0 Å². The molecule has 4 nitrogen and oxygen atoms in total. The first kappa shape index (κ1) is 13.3. The van der Waals surface area contributed by atoms with Crippen LogP contribution in [0.15, 0.2) is 18.2 Å². The number of likely N-dealkylation sites (tertiary alicyclic amines) is 1. The number of piperidine rings is 1. The highest BCUT2D eigenvalue weighted by Gasteiger charge is 2.09. The van der Waals surface area contributed by atoms with E-state index in [4.69, 9.17) is 4.74 Å². The Bertz CT molecular complexity index is 351. The van der Waals surface area contributed by atoms with Crippen LogP contribution >= 0.6 is 0 Å². The number of nitrogens with one attached hydrogen (secondary N) is 1. The van der Waals surface area contributed by atoms with Crippen LogP contribution in [0.3, 0.4) is 0 Å². The summed E-state index contributed by atoms with van der Waals surface area (Å²) in [5.41, 5.74) is 1.02. The summed E-state index contributed by atoms with van der Waals surface area (Å²) < 4.78 is 5.72. The van der Waals surface area contributed by atoms with Gasteiger partial charge in [-0.1, -0.05) is 12.5 Å². The predicted molar refractivity (Wildman–Crippen MR) is 72.8 cm³/mol. The lowest BCUT2D eigenvalue weighted by atomic mass is 10.1. The van der Waals surface area contributed by atoms with Crippen molar-refractivity contribution in [2.45, 2.75) is 25.8 Å². The molecule has 0 amide bonds. The van der Waals surface area contributed by atoms with Crippen molar-refractivity contribution < 1.29 is 4.74 Å². The molecule has 1 aromatic heterocycles. The van der Waals surface area contributed by atoms with Gasteiger partial charge in [-0.15, -0.1) is 0 Å². The molecular weight excluding hydrogens is 226 g/mol. The molecule has 0 spiro atoms. The van der Waals surface area contributed by atoms with E-state index in [0.29, 0.717) is 0 Å². The Labute approximate surface area is 109 Å². The fourth-order valence-electron chi connectivity index (χ4n) is 2.28. The average molecular weight is 249 g/mol. The molecule has 0 radical (unpaired) electrons. The molecule has 4 heteroatoms. The van der Waals surface area contributed by atoms with E-state index in [1.54, 1.807) is 0 Å². The summed E-state index contributed by atoms with van der Waals surface area (Å²) in [5.74, 6) is 0.736. The Morgan fingerprint density at radius 3 is 2.89 bits per heavy atom. The van der Waals surface area contributed by atoms with Gasteiger partial charge >= 0.3 is 0 Å². The summed E-state index contributed by atoms with van der Waals surface area (Å²) >= 11 is 0. The van der Waals surface area contributed by atoms with Crippen LogP contribution in [0.1, 0.15) is 25.0 Å². The fourth-order valence-corrected chi connectivity index (χ4v) is 2.28. The summed E-state index contributed by atoms with van der Waals surface area (Å²) in [7, 11) is 1.92. The molecule has 1 saturated heterocycles. The van der Waals surface area contributed by atoms with Gasteiger partial charge in [0.1, 0.15) is 6.61 Å². The third-order valence-electron chi connectivity index (χ3n) is 3.25. The van der Waals surface area contributed by atoms with E-state index in [1.807, 2.05) is 25.2 Å². The number of ether oxygens (including phenoxy) is 1. The quantitative estimate of drug-likeness (QED) is 0.832. The van der Waals surface area contributed by atoms with E-state index in [1.165, 1.54) is 32.4 Å². The van der Waals surface area contributed by atoms with Gasteiger partial charge in [0.2, 0.25) is 5.88 Å². The molecule has 1 N–H and O–H groups in total. The second-order valence-corrected chi connectivity index (χ2v) is 4.75. The van der Waals surface area contributed by atoms with Crippen molar-refractivity contribution in [3.05, 3.63) is 23.9 Å². The summed E-state index contributed by atoms with van der Waals surface area (Å²) in [4.78, 5) is 6.92. The molecule has 0 bridgehead atoms. The van der Waals surface area contributed by atoms with Gasteiger partial charge in [-0.2, -0.15) is 0 Å². The summed E-state index contributed by atoms with van der Waals surface area (Å²) in [6.45, 7) is 4.96. The topological polar surface area (TPSA) is 37.4 Å². The number of nitrogens with zero attached hydrogens (tertiary/aromatic N) is 2. The SMILES string of the molecule is CNCc1cccc(OCCN2CCCCC2)n1. The number of hydrogen-bond acceptors (Lipinski definition) is 4. The zero-order valence-corrected chi connectivity index (χ0v) is 11.2. The molecule has 1 fully saturated rings. The van der Waals surface area contributed by atoms with Crippen molar-refractivity contribution in [3.63, 3.8) is 0 Å². The summed E-state index contributed by atoms with van der Waals surface area (Å²) in [5, 5.41) is 3.09. The van der Waals surface area contributed by atoms with Gasteiger partial charge in [0.15, 0.2) is 0 Å². The predicted octanol–water partition coefficient (Wildman–Crippen LogP) is 1.67. The Morgan fingerprint density at radius 1 is 1.28 bits per heavy atom. The van der Waals surface area contributed by atoms with Crippen LogP contribution < -0.4 is 10.1 Å². The first-order valence-electron chi connectivity index (χ1n) is 6.84. The Kier molecular flexibility index (Phi) is 5.42. The second kappa shape index (κ2) is 7.34. The summed E-state index contributed by atoms with van der Waals surface area (Å²) in [6.07, 6.45) is 4.04. The largest absolute Gasteiger partial charge is 0.476 e. The van der Waals surface area contributed by atoms with Gasteiger partial charge in [-0.3, -0.25) is 4.90 Å². The fraction of sp³-hybridized carbons (Fsp3) is 0.643. The van der Waals surface area contributed by atoms with Gasteiger partial charge in [0.25, 0.3) is 0 Å². The maximum Gasteiger partial charge on any atom is 0.213 e. The molecular formula is C14H23N3O. The Morgan fingerprint density at radius 2 is 2.11 bits per heavy atom. The normalized spacial score (nSPS) is 16.7. The van der Waals surface area contributed by atoms with Crippen molar-refractivity contribution >= 4 is 0 Å². The molecule has 2 rings (SSSR count). The maximum atomic E-state index is 5.72. The van der Waals surface area contributed by atoms with Crippen molar-refractivity contribution in [1.82, 2.24) is 15.2 Å².